The fourth-order valence-electron chi connectivity index (χ4n) is 3.43. The van der Waals surface area contributed by atoms with Crippen molar-refractivity contribution in [2.24, 2.45) is 5.92 Å². The van der Waals surface area contributed by atoms with Crippen LogP contribution in [0.4, 0.5) is 0 Å². The average molecular weight is 366 g/mol. The summed E-state index contributed by atoms with van der Waals surface area (Å²) in [6.07, 6.45) is 1.81. The molecule has 0 unspecified atom stereocenters. The summed E-state index contributed by atoms with van der Waals surface area (Å²) in [4.78, 5) is 4.49. The second kappa shape index (κ2) is 6.82. The van der Waals surface area contributed by atoms with Gasteiger partial charge >= 0.3 is 0 Å². The van der Waals surface area contributed by atoms with Gasteiger partial charge in [0.15, 0.2) is 5.03 Å². The molecule has 1 saturated heterocycles. The van der Waals surface area contributed by atoms with Crippen molar-refractivity contribution in [3.8, 4) is 11.3 Å². The van der Waals surface area contributed by atoms with E-state index >= 15 is 0 Å². The van der Waals surface area contributed by atoms with Crippen LogP contribution in [0.15, 0.2) is 65.7 Å². The lowest BCUT2D eigenvalue weighted by Gasteiger charge is -2.29. The van der Waals surface area contributed by atoms with Crippen LogP contribution in [-0.2, 0) is 10.0 Å². The summed E-state index contributed by atoms with van der Waals surface area (Å²) >= 11 is 0. The molecule has 1 aromatic heterocycles. The first-order chi connectivity index (χ1) is 12.5. The zero-order chi connectivity index (χ0) is 18.1. The molecule has 1 aliphatic heterocycles. The molecule has 0 aliphatic carbocycles. The van der Waals surface area contributed by atoms with Gasteiger partial charge in [0.25, 0.3) is 10.0 Å². The smallest absolute Gasteiger partial charge is 0.235 e. The van der Waals surface area contributed by atoms with E-state index in [2.05, 4.69) is 24.0 Å². The highest BCUT2D eigenvalue weighted by Gasteiger charge is 2.29. The number of benzene rings is 2. The Labute approximate surface area is 154 Å². The number of piperidine rings is 1. The second-order valence-electron chi connectivity index (χ2n) is 7.01. The number of nitrogens with zero attached hydrogens (tertiary/aromatic N) is 2. The van der Waals surface area contributed by atoms with E-state index in [-0.39, 0.29) is 5.03 Å². The molecule has 0 saturated carbocycles. The quantitative estimate of drug-likeness (QED) is 0.693. The number of aromatic nitrogens is 1. The maximum Gasteiger partial charge on any atom is 0.260 e. The van der Waals surface area contributed by atoms with Crippen molar-refractivity contribution in [1.82, 2.24) is 9.29 Å². The Bertz CT molecular complexity index is 1040. The van der Waals surface area contributed by atoms with Crippen molar-refractivity contribution in [3.05, 3.63) is 60.7 Å². The largest absolute Gasteiger partial charge is 0.260 e. The van der Waals surface area contributed by atoms with E-state index in [0.717, 1.165) is 29.2 Å². The van der Waals surface area contributed by atoms with E-state index in [1.807, 2.05) is 36.4 Å². The molecule has 0 amide bonds. The molecule has 0 atom stereocenters. The average Bonchev–Trinajstić information content (AvgIpc) is 2.68. The number of pyridine rings is 1. The molecule has 0 N–H and O–H groups in total. The van der Waals surface area contributed by atoms with Crippen LogP contribution in [0, 0.1) is 5.92 Å². The van der Waals surface area contributed by atoms with Gasteiger partial charge in [0, 0.05) is 18.7 Å². The lowest BCUT2D eigenvalue weighted by molar-refractivity contribution is 0.287. The van der Waals surface area contributed by atoms with Crippen LogP contribution in [-0.4, -0.2) is 30.8 Å². The minimum absolute atomic E-state index is 0.137. The van der Waals surface area contributed by atoms with Crippen LogP contribution in [0.25, 0.3) is 22.0 Å². The van der Waals surface area contributed by atoms with E-state index in [1.54, 1.807) is 16.4 Å². The highest BCUT2D eigenvalue weighted by atomic mass is 32.2. The zero-order valence-electron chi connectivity index (χ0n) is 14.8. The summed E-state index contributed by atoms with van der Waals surface area (Å²) < 4.78 is 27.5. The SMILES string of the molecule is CC1CCN(S(=O)(=O)c2cccc(-c3ccc4ccccc4c3)n2)CC1. The number of rotatable bonds is 3. The molecule has 0 spiro atoms. The van der Waals surface area contributed by atoms with Gasteiger partial charge in [-0.3, -0.25) is 0 Å². The molecule has 0 radical (unpaired) electrons. The maximum absolute atomic E-state index is 13.0. The maximum atomic E-state index is 13.0. The lowest BCUT2D eigenvalue weighted by Crippen LogP contribution is -2.38. The normalized spacial score (nSPS) is 16.8. The number of hydrogen-bond acceptors (Lipinski definition) is 3. The summed E-state index contributed by atoms with van der Waals surface area (Å²) in [7, 11) is -3.54. The first kappa shape index (κ1) is 17.2. The molecule has 134 valence electrons. The van der Waals surface area contributed by atoms with Gasteiger partial charge in [-0.25, -0.2) is 13.4 Å². The van der Waals surface area contributed by atoms with Crippen molar-refractivity contribution >= 4 is 20.8 Å². The zero-order valence-corrected chi connectivity index (χ0v) is 15.6. The monoisotopic (exact) mass is 366 g/mol. The summed E-state index contributed by atoms with van der Waals surface area (Å²) in [6.45, 7) is 3.32. The fourth-order valence-corrected chi connectivity index (χ4v) is 4.85. The van der Waals surface area contributed by atoms with Gasteiger partial charge in [-0.1, -0.05) is 49.4 Å². The van der Waals surface area contributed by atoms with E-state index in [0.29, 0.717) is 24.7 Å². The van der Waals surface area contributed by atoms with Crippen LogP contribution < -0.4 is 0 Å². The van der Waals surface area contributed by atoms with Crippen LogP contribution in [0.3, 0.4) is 0 Å². The highest BCUT2D eigenvalue weighted by molar-refractivity contribution is 7.89. The second-order valence-corrected chi connectivity index (χ2v) is 8.89. The van der Waals surface area contributed by atoms with Gasteiger partial charge in [-0.2, -0.15) is 4.31 Å². The van der Waals surface area contributed by atoms with Crippen molar-refractivity contribution < 1.29 is 8.42 Å². The van der Waals surface area contributed by atoms with E-state index in [4.69, 9.17) is 0 Å². The Balaban J connectivity index is 1.69. The Kier molecular flexibility index (Phi) is 4.51. The molecule has 3 aromatic rings. The van der Waals surface area contributed by atoms with Crippen LogP contribution >= 0.6 is 0 Å². The van der Waals surface area contributed by atoms with Crippen LogP contribution in [0.5, 0.6) is 0 Å². The summed E-state index contributed by atoms with van der Waals surface area (Å²) in [5.41, 5.74) is 1.61. The third-order valence-electron chi connectivity index (χ3n) is 5.12. The van der Waals surface area contributed by atoms with Crippen molar-refractivity contribution in [2.75, 3.05) is 13.1 Å². The summed E-state index contributed by atoms with van der Waals surface area (Å²) in [6, 6.07) is 19.4. The van der Waals surface area contributed by atoms with E-state index in [9.17, 15) is 8.42 Å². The molecule has 0 bridgehead atoms. The number of sulfonamides is 1. The molecule has 4 nitrogen and oxygen atoms in total. The fraction of sp³-hybridized carbons (Fsp3) is 0.286. The topological polar surface area (TPSA) is 50.3 Å². The van der Waals surface area contributed by atoms with Crippen molar-refractivity contribution in [3.63, 3.8) is 0 Å². The van der Waals surface area contributed by atoms with E-state index in [1.165, 1.54) is 0 Å². The predicted octanol–water partition coefficient (Wildman–Crippen LogP) is 4.32. The summed E-state index contributed by atoms with van der Waals surface area (Å²) in [5, 5.41) is 2.41. The van der Waals surface area contributed by atoms with Gasteiger partial charge < -0.3 is 0 Å². The Morgan fingerprint density at radius 1 is 0.923 bits per heavy atom. The first-order valence-corrected chi connectivity index (χ1v) is 10.4. The van der Waals surface area contributed by atoms with Crippen LogP contribution in [0.1, 0.15) is 19.8 Å². The van der Waals surface area contributed by atoms with Crippen molar-refractivity contribution in [2.45, 2.75) is 24.8 Å². The predicted molar refractivity (Wildman–Crippen MR) is 104 cm³/mol. The molecule has 4 rings (SSSR count). The molecule has 5 heteroatoms. The molecule has 26 heavy (non-hydrogen) atoms. The molecular formula is C21H22N2O2S. The molecule has 2 heterocycles. The summed E-state index contributed by atoms with van der Waals surface area (Å²) in [5.74, 6) is 0.582. The van der Waals surface area contributed by atoms with Gasteiger partial charge in [0.1, 0.15) is 0 Å². The molecule has 1 fully saturated rings. The molecule has 1 aliphatic rings. The minimum atomic E-state index is -3.54. The lowest BCUT2D eigenvalue weighted by atomic mass is 10.0. The Hall–Kier alpha value is -2.24. The Morgan fingerprint density at radius 3 is 2.42 bits per heavy atom. The third kappa shape index (κ3) is 3.24. The Morgan fingerprint density at radius 2 is 1.65 bits per heavy atom. The molecule has 2 aromatic carbocycles. The van der Waals surface area contributed by atoms with Crippen LogP contribution in [0.2, 0.25) is 0 Å². The van der Waals surface area contributed by atoms with Crippen molar-refractivity contribution in [1.29, 1.82) is 0 Å². The third-order valence-corrected chi connectivity index (χ3v) is 6.92. The van der Waals surface area contributed by atoms with Gasteiger partial charge in [-0.05, 0) is 47.7 Å². The number of fused-ring (bicyclic) bond motifs is 1. The molecular weight excluding hydrogens is 344 g/mol. The highest BCUT2D eigenvalue weighted by Crippen LogP contribution is 2.26. The van der Waals surface area contributed by atoms with E-state index < -0.39 is 10.0 Å². The van der Waals surface area contributed by atoms with Gasteiger partial charge in [0.05, 0.1) is 5.69 Å². The number of hydrogen-bond donors (Lipinski definition) is 0. The van der Waals surface area contributed by atoms with Gasteiger partial charge in [-0.15, -0.1) is 0 Å². The standard InChI is InChI=1S/C21H22N2O2S/c1-16-11-13-23(14-12-16)26(24,25)21-8-4-7-20(22-21)19-10-9-17-5-2-3-6-18(17)15-19/h2-10,15-16H,11-14H2,1H3. The minimum Gasteiger partial charge on any atom is -0.235 e. The first-order valence-electron chi connectivity index (χ1n) is 9.00. The van der Waals surface area contributed by atoms with Gasteiger partial charge in [0.2, 0.25) is 0 Å².